The summed E-state index contributed by atoms with van der Waals surface area (Å²) in [6.45, 7) is 1.20. The number of amides is 1. The normalized spacial score (nSPS) is 22.3. The minimum absolute atomic E-state index is 0.0356. The molecule has 170 valence electrons. The zero-order valence-electron chi connectivity index (χ0n) is 18.0. The maximum absolute atomic E-state index is 13.1. The van der Waals surface area contributed by atoms with E-state index in [1.54, 1.807) is 17.7 Å². The summed E-state index contributed by atoms with van der Waals surface area (Å²) in [7, 11) is 0. The van der Waals surface area contributed by atoms with Crippen molar-refractivity contribution in [2.24, 2.45) is 5.92 Å². The molecule has 1 saturated heterocycles. The monoisotopic (exact) mass is 480 g/mol. The number of anilines is 2. The Morgan fingerprint density at radius 3 is 3.03 bits per heavy atom. The third-order valence-electron chi connectivity index (χ3n) is 6.79. The molecule has 33 heavy (non-hydrogen) atoms. The molecule has 3 aliphatic rings. The number of thiophene rings is 1. The van der Waals surface area contributed by atoms with Gasteiger partial charge in [-0.2, -0.15) is 0 Å². The van der Waals surface area contributed by atoms with Crippen LogP contribution in [-0.4, -0.2) is 50.2 Å². The number of nitrogens with one attached hydrogen (secondary N) is 1. The Hall–Kier alpha value is -2.49. The molecule has 1 aliphatic carbocycles. The average molecular weight is 481 g/mol. The van der Waals surface area contributed by atoms with E-state index in [1.807, 2.05) is 23.1 Å². The first-order valence-corrected chi connectivity index (χ1v) is 13.0. The van der Waals surface area contributed by atoms with E-state index in [0.29, 0.717) is 13.0 Å². The van der Waals surface area contributed by atoms with Crippen LogP contribution >= 0.6 is 23.1 Å². The molecule has 1 amide bonds. The van der Waals surface area contributed by atoms with Gasteiger partial charge in [0.25, 0.3) is 0 Å². The van der Waals surface area contributed by atoms with Crippen molar-refractivity contribution in [3.63, 3.8) is 0 Å². The summed E-state index contributed by atoms with van der Waals surface area (Å²) in [4.78, 5) is 38.9. The van der Waals surface area contributed by atoms with E-state index in [4.69, 9.17) is 0 Å². The number of β-amino-alcohol motifs (C(OH)–C–C–N with tert-alkyl or cyclic N) is 1. The van der Waals surface area contributed by atoms with E-state index >= 15 is 0 Å². The molecule has 4 heterocycles. The number of benzene rings is 1. The molecule has 2 aromatic heterocycles. The number of thioether (sulfide) groups is 1. The van der Waals surface area contributed by atoms with Gasteiger partial charge in [-0.15, -0.1) is 11.3 Å². The van der Waals surface area contributed by atoms with Gasteiger partial charge in [0, 0.05) is 40.9 Å². The van der Waals surface area contributed by atoms with Crippen LogP contribution in [-0.2, 0) is 28.9 Å². The third-order valence-corrected chi connectivity index (χ3v) is 8.93. The molecule has 2 N–H and O–H groups in total. The van der Waals surface area contributed by atoms with Gasteiger partial charge in [-0.1, -0.05) is 17.8 Å². The Morgan fingerprint density at radius 2 is 2.15 bits per heavy atom. The molecule has 2 aliphatic heterocycles. The quantitative estimate of drug-likeness (QED) is 0.590. The summed E-state index contributed by atoms with van der Waals surface area (Å²) in [5, 5.41) is 14.6. The lowest BCUT2D eigenvalue weighted by molar-refractivity contribution is -0.139. The lowest BCUT2D eigenvalue weighted by Gasteiger charge is -2.34. The van der Waals surface area contributed by atoms with Crippen molar-refractivity contribution >= 4 is 55.8 Å². The minimum Gasteiger partial charge on any atom is -0.391 e. The van der Waals surface area contributed by atoms with E-state index in [1.165, 1.54) is 22.2 Å². The molecule has 1 fully saturated rings. The zero-order chi connectivity index (χ0) is 22.5. The highest BCUT2D eigenvalue weighted by atomic mass is 32.2. The molecule has 7 nitrogen and oxygen atoms in total. The van der Waals surface area contributed by atoms with Crippen LogP contribution in [0.5, 0.6) is 0 Å². The van der Waals surface area contributed by atoms with Crippen molar-refractivity contribution in [1.82, 2.24) is 14.9 Å². The smallest absolute Gasteiger partial charge is 0.226 e. The average Bonchev–Trinajstić information content (AvgIpc) is 3.37. The first kappa shape index (κ1) is 21.1. The first-order chi connectivity index (χ1) is 16.0. The molecule has 0 spiro atoms. The summed E-state index contributed by atoms with van der Waals surface area (Å²) in [5.74, 6) is 0.911. The number of aromatic nitrogens is 2. The van der Waals surface area contributed by atoms with Crippen LogP contribution in [0.4, 0.5) is 11.5 Å². The fourth-order valence-electron chi connectivity index (χ4n) is 5.15. The molecule has 3 aromatic rings. The number of fused-ring (bicyclic) bond motifs is 4. The number of aliphatic hydroxyl groups is 1. The van der Waals surface area contributed by atoms with Gasteiger partial charge in [0.1, 0.15) is 17.0 Å². The Labute approximate surface area is 199 Å². The van der Waals surface area contributed by atoms with Crippen molar-refractivity contribution in [3.8, 4) is 0 Å². The Kier molecular flexibility index (Phi) is 5.35. The van der Waals surface area contributed by atoms with Gasteiger partial charge in [-0.05, 0) is 55.4 Å². The number of rotatable bonds is 3. The fourth-order valence-corrected chi connectivity index (χ4v) is 7.35. The van der Waals surface area contributed by atoms with Gasteiger partial charge in [-0.3, -0.25) is 9.59 Å². The molecule has 6 rings (SSSR count). The standard InChI is InChI=1S/C24H24N4O3S2/c29-16-2-1-7-28(11-16)24(31)14-4-6-17-19(8-14)33-23-21(17)22(25-12-26-23)27-15-5-3-13-9-20(30)32-18(13)10-15/h3,5,10,12,14,16,29H,1-2,4,6-9,11H2,(H,25,26,27). The highest BCUT2D eigenvalue weighted by Gasteiger charge is 2.33. The Morgan fingerprint density at radius 1 is 1.24 bits per heavy atom. The van der Waals surface area contributed by atoms with Crippen LogP contribution in [0, 0.1) is 5.92 Å². The van der Waals surface area contributed by atoms with E-state index in [2.05, 4.69) is 15.3 Å². The van der Waals surface area contributed by atoms with Gasteiger partial charge in [0.15, 0.2) is 5.12 Å². The lowest BCUT2D eigenvalue weighted by atomic mass is 9.86. The Bertz CT molecular complexity index is 1270. The number of carbonyl (C=O) groups excluding carboxylic acids is 2. The van der Waals surface area contributed by atoms with Crippen molar-refractivity contribution in [3.05, 3.63) is 40.5 Å². The van der Waals surface area contributed by atoms with Crippen LogP contribution in [0.2, 0.25) is 0 Å². The van der Waals surface area contributed by atoms with Gasteiger partial charge < -0.3 is 15.3 Å². The number of nitrogens with zero attached hydrogens (tertiary/aromatic N) is 3. The summed E-state index contributed by atoms with van der Waals surface area (Å²) in [6.07, 6.45) is 5.66. The Balaban J connectivity index is 1.26. The van der Waals surface area contributed by atoms with E-state index < -0.39 is 6.10 Å². The number of piperidine rings is 1. The molecule has 9 heteroatoms. The highest BCUT2D eigenvalue weighted by Crippen LogP contribution is 2.41. The second-order valence-electron chi connectivity index (χ2n) is 9.02. The summed E-state index contributed by atoms with van der Waals surface area (Å²) >= 11 is 2.95. The largest absolute Gasteiger partial charge is 0.391 e. The molecule has 1 aromatic carbocycles. The predicted molar refractivity (Wildman–Crippen MR) is 129 cm³/mol. The van der Waals surface area contributed by atoms with Crippen LogP contribution in [0.15, 0.2) is 29.4 Å². The van der Waals surface area contributed by atoms with Crippen molar-refractivity contribution in [2.75, 3.05) is 18.4 Å². The van der Waals surface area contributed by atoms with Crippen LogP contribution < -0.4 is 5.32 Å². The molecular formula is C24H24N4O3S2. The van der Waals surface area contributed by atoms with Gasteiger partial charge in [-0.25, -0.2) is 9.97 Å². The zero-order valence-corrected chi connectivity index (χ0v) is 19.7. The maximum atomic E-state index is 13.1. The summed E-state index contributed by atoms with van der Waals surface area (Å²) < 4.78 is 0. The number of hydrogen-bond donors (Lipinski definition) is 2. The summed E-state index contributed by atoms with van der Waals surface area (Å²) in [5.41, 5.74) is 3.23. The van der Waals surface area contributed by atoms with Crippen molar-refractivity contribution < 1.29 is 14.7 Å². The highest BCUT2D eigenvalue weighted by molar-refractivity contribution is 8.14. The minimum atomic E-state index is -0.397. The number of hydrogen-bond acceptors (Lipinski definition) is 8. The molecule has 0 saturated carbocycles. The van der Waals surface area contributed by atoms with Crippen molar-refractivity contribution in [1.29, 1.82) is 0 Å². The maximum Gasteiger partial charge on any atom is 0.226 e. The van der Waals surface area contributed by atoms with Crippen LogP contribution in [0.1, 0.15) is 35.3 Å². The topological polar surface area (TPSA) is 95.4 Å². The van der Waals surface area contributed by atoms with E-state index in [0.717, 1.165) is 70.8 Å². The second kappa shape index (κ2) is 8.38. The number of aliphatic hydroxyl groups excluding tert-OH is 1. The molecule has 2 unspecified atom stereocenters. The first-order valence-electron chi connectivity index (χ1n) is 11.4. The molecule has 2 atom stereocenters. The number of likely N-dealkylation sites (tertiary alicyclic amines) is 1. The molecule has 0 radical (unpaired) electrons. The SMILES string of the molecule is O=C1Cc2ccc(Nc3ncnc4sc5c(c34)CCC(C(=O)N3CCCC(O)C3)C5)cc2S1. The lowest BCUT2D eigenvalue weighted by Crippen LogP contribution is -2.45. The number of carbonyl (C=O) groups is 2. The number of aryl methyl sites for hydroxylation is 1. The van der Waals surface area contributed by atoms with Gasteiger partial charge >= 0.3 is 0 Å². The van der Waals surface area contributed by atoms with Crippen LogP contribution in [0.3, 0.4) is 0 Å². The predicted octanol–water partition coefficient (Wildman–Crippen LogP) is 3.70. The molecular weight excluding hydrogens is 456 g/mol. The summed E-state index contributed by atoms with van der Waals surface area (Å²) in [6, 6.07) is 6.01. The van der Waals surface area contributed by atoms with Crippen LogP contribution in [0.25, 0.3) is 10.2 Å². The van der Waals surface area contributed by atoms with E-state index in [9.17, 15) is 14.7 Å². The fraction of sp³-hybridized carbons (Fsp3) is 0.417. The van der Waals surface area contributed by atoms with Crippen molar-refractivity contribution in [2.45, 2.75) is 49.5 Å². The molecule has 0 bridgehead atoms. The van der Waals surface area contributed by atoms with Gasteiger partial charge in [0.2, 0.25) is 5.91 Å². The second-order valence-corrected chi connectivity index (χ2v) is 11.2. The van der Waals surface area contributed by atoms with E-state index in [-0.39, 0.29) is 16.9 Å². The third kappa shape index (κ3) is 3.92. The van der Waals surface area contributed by atoms with Gasteiger partial charge in [0.05, 0.1) is 11.5 Å².